The van der Waals surface area contributed by atoms with Gasteiger partial charge in [0, 0.05) is 24.8 Å². The minimum atomic E-state index is -0.939. The van der Waals surface area contributed by atoms with Crippen LogP contribution >= 0.6 is 0 Å². The van der Waals surface area contributed by atoms with Gasteiger partial charge < -0.3 is 16.2 Å². The van der Waals surface area contributed by atoms with E-state index in [0.717, 1.165) is 44.5 Å². The molecule has 0 radical (unpaired) electrons. The van der Waals surface area contributed by atoms with Gasteiger partial charge in [-0.3, -0.25) is 9.47 Å². The van der Waals surface area contributed by atoms with E-state index < -0.39 is 11.8 Å². The summed E-state index contributed by atoms with van der Waals surface area (Å²) in [5.74, 6) is 0.213. The Bertz CT molecular complexity index is 857. The molecule has 2 aromatic rings. The molecule has 3 rings (SSSR count). The van der Waals surface area contributed by atoms with Crippen LogP contribution in [0.3, 0.4) is 0 Å². The first-order valence-corrected chi connectivity index (χ1v) is 9.64. The van der Waals surface area contributed by atoms with Gasteiger partial charge in [0.2, 0.25) is 0 Å². The Hall–Kier alpha value is -2.87. The zero-order valence-electron chi connectivity index (χ0n) is 16.0. The van der Waals surface area contributed by atoms with E-state index in [9.17, 15) is 9.59 Å². The Morgan fingerprint density at radius 3 is 2.50 bits per heavy atom. The molecule has 8 nitrogen and oxygen atoms in total. The van der Waals surface area contributed by atoms with E-state index in [4.69, 9.17) is 10.8 Å². The number of benzene rings is 1. The summed E-state index contributed by atoms with van der Waals surface area (Å²) in [6.07, 6.45) is 4.42. The van der Waals surface area contributed by atoms with Crippen molar-refractivity contribution in [1.29, 1.82) is 0 Å². The number of nitrogens with zero attached hydrogens (tertiary/aromatic N) is 3. The van der Waals surface area contributed by atoms with Gasteiger partial charge in [-0.15, -0.1) is 0 Å². The van der Waals surface area contributed by atoms with E-state index in [1.54, 1.807) is 12.3 Å². The maximum Gasteiger partial charge on any atom is 0.404 e. The zero-order valence-corrected chi connectivity index (χ0v) is 16.0. The van der Waals surface area contributed by atoms with Gasteiger partial charge in [0.05, 0.1) is 5.69 Å². The molecular weight excluding hydrogens is 358 g/mol. The Balaban J connectivity index is 1.62. The van der Waals surface area contributed by atoms with Gasteiger partial charge in [-0.05, 0) is 56.0 Å². The van der Waals surface area contributed by atoms with E-state index in [2.05, 4.69) is 22.1 Å². The highest BCUT2D eigenvalue weighted by Crippen LogP contribution is 2.24. The molecule has 1 aromatic heterocycles. The molecule has 0 unspecified atom stereocenters. The molecule has 1 heterocycles. The van der Waals surface area contributed by atoms with Gasteiger partial charge in [0.25, 0.3) is 0 Å². The number of nitrogen functional groups attached to an aromatic ring is 1. The van der Waals surface area contributed by atoms with E-state index in [1.807, 2.05) is 24.3 Å². The average molecular weight is 385 g/mol. The molecule has 1 aliphatic carbocycles. The molecule has 0 spiro atoms. The number of nitrogens with two attached hydrogens (primary N) is 1. The first-order valence-electron chi connectivity index (χ1n) is 9.64. The lowest BCUT2D eigenvalue weighted by atomic mass is 9.90. The normalized spacial score (nSPS) is 19.5. The number of carboxylic acid groups (broad SMARTS) is 1. The quantitative estimate of drug-likeness (QED) is 0.703. The van der Waals surface area contributed by atoms with Crippen molar-refractivity contribution in [2.75, 3.05) is 12.3 Å². The summed E-state index contributed by atoms with van der Waals surface area (Å²) < 4.78 is 1.47. The van der Waals surface area contributed by atoms with Crippen molar-refractivity contribution in [1.82, 2.24) is 19.8 Å². The molecule has 1 amide bonds. The number of rotatable bonds is 6. The van der Waals surface area contributed by atoms with Crippen LogP contribution in [0.1, 0.15) is 38.2 Å². The second kappa shape index (κ2) is 8.88. The number of hydrogen-bond donors (Lipinski definition) is 3. The number of carbonyl (C=O) groups is 1. The topological polar surface area (TPSA) is 113 Å². The largest absolute Gasteiger partial charge is 0.465 e. The van der Waals surface area contributed by atoms with Crippen LogP contribution in [0.15, 0.2) is 41.3 Å². The van der Waals surface area contributed by atoms with Crippen LogP contribution in [-0.4, -0.2) is 44.3 Å². The Kier molecular flexibility index (Phi) is 6.30. The molecule has 4 N–H and O–H groups in total. The molecule has 0 aliphatic heterocycles. The highest BCUT2D eigenvalue weighted by atomic mass is 16.4. The number of anilines is 1. The number of aromatic nitrogens is 2. The Morgan fingerprint density at radius 2 is 1.93 bits per heavy atom. The fourth-order valence-electron chi connectivity index (χ4n) is 3.87. The second-order valence-corrected chi connectivity index (χ2v) is 7.19. The molecule has 28 heavy (non-hydrogen) atoms. The van der Waals surface area contributed by atoms with Crippen LogP contribution in [0.4, 0.5) is 10.6 Å². The lowest BCUT2D eigenvalue weighted by molar-refractivity contribution is 0.138. The average Bonchev–Trinajstić information content (AvgIpc) is 2.67. The maximum atomic E-state index is 12.0. The Labute approximate surface area is 164 Å². The van der Waals surface area contributed by atoms with E-state index >= 15 is 0 Å². The maximum absolute atomic E-state index is 12.0. The van der Waals surface area contributed by atoms with Crippen molar-refractivity contribution in [2.24, 2.45) is 0 Å². The number of amides is 1. The van der Waals surface area contributed by atoms with E-state index in [-0.39, 0.29) is 11.9 Å². The number of hydrogen-bond acceptors (Lipinski definition) is 5. The summed E-state index contributed by atoms with van der Waals surface area (Å²) in [7, 11) is 0. The third kappa shape index (κ3) is 4.89. The fraction of sp³-hybridized carbons (Fsp3) is 0.450. The lowest BCUT2D eigenvalue weighted by Crippen LogP contribution is -2.43. The van der Waals surface area contributed by atoms with Crippen molar-refractivity contribution < 1.29 is 9.90 Å². The minimum absolute atomic E-state index is 0.0681. The lowest BCUT2D eigenvalue weighted by Gasteiger charge is -2.36. The monoisotopic (exact) mass is 385 g/mol. The van der Waals surface area contributed by atoms with Crippen molar-refractivity contribution in [3.8, 4) is 5.69 Å². The molecule has 150 valence electrons. The predicted octanol–water partition coefficient (Wildman–Crippen LogP) is 2.22. The van der Waals surface area contributed by atoms with Crippen molar-refractivity contribution >= 4 is 11.9 Å². The van der Waals surface area contributed by atoms with Crippen LogP contribution in [-0.2, 0) is 6.54 Å². The predicted molar refractivity (Wildman–Crippen MR) is 108 cm³/mol. The van der Waals surface area contributed by atoms with Crippen LogP contribution in [0.25, 0.3) is 5.69 Å². The summed E-state index contributed by atoms with van der Waals surface area (Å²) in [4.78, 5) is 29.0. The standard InChI is InChI=1S/C20H27N5O3/c1-2-24(16-9-5-15(6-10-16)22-20(27)28)13-14-3-7-17(8-4-14)25-12-11-18(21)23-19(25)26/h3-4,7-8,11-12,15-16,22H,2,5-6,9-10,13H2,1H3,(H,27,28)(H2,21,23,26)/t15-,16-. The van der Waals surface area contributed by atoms with Gasteiger partial charge in [-0.1, -0.05) is 19.1 Å². The molecule has 8 heteroatoms. The van der Waals surface area contributed by atoms with Gasteiger partial charge in [-0.2, -0.15) is 4.98 Å². The molecular formula is C20H27N5O3. The van der Waals surface area contributed by atoms with Crippen LogP contribution < -0.4 is 16.7 Å². The smallest absolute Gasteiger partial charge is 0.404 e. The molecule has 1 fully saturated rings. The van der Waals surface area contributed by atoms with Gasteiger partial charge >= 0.3 is 11.8 Å². The second-order valence-electron chi connectivity index (χ2n) is 7.19. The third-order valence-electron chi connectivity index (χ3n) is 5.37. The zero-order chi connectivity index (χ0) is 20.1. The summed E-state index contributed by atoms with van der Waals surface area (Å²) >= 11 is 0. The SMILES string of the molecule is CCN(Cc1ccc(-n2ccc(N)nc2=O)cc1)[C@H]1CC[C@H](NC(=O)O)CC1. The molecule has 1 aliphatic rings. The molecule has 1 aromatic carbocycles. The molecule has 0 bridgehead atoms. The van der Waals surface area contributed by atoms with Gasteiger partial charge in [0.1, 0.15) is 5.82 Å². The third-order valence-corrected chi connectivity index (χ3v) is 5.37. The molecule has 0 saturated heterocycles. The highest BCUT2D eigenvalue weighted by molar-refractivity contribution is 5.64. The highest BCUT2D eigenvalue weighted by Gasteiger charge is 2.26. The van der Waals surface area contributed by atoms with Crippen LogP contribution in [0.2, 0.25) is 0 Å². The van der Waals surface area contributed by atoms with Crippen LogP contribution in [0, 0.1) is 0 Å². The van der Waals surface area contributed by atoms with Gasteiger partial charge in [0.15, 0.2) is 0 Å². The number of nitrogens with one attached hydrogen (secondary N) is 1. The first kappa shape index (κ1) is 19.9. The summed E-state index contributed by atoms with van der Waals surface area (Å²) in [5.41, 5.74) is 7.07. The Morgan fingerprint density at radius 1 is 1.25 bits per heavy atom. The molecule has 1 saturated carbocycles. The van der Waals surface area contributed by atoms with E-state index in [1.165, 1.54) is 10.1 Å². The van der Waals surface area contributed by atoms with Crippen molar-refractivity contribution in [3.05, 3.63) is 52.6 Å². The van der Waals surface area contributed by atoms with Crippen molar-refractivity contribution in [3.63, 3.8) is 0 Å². The summed E-state index contributed by atoms with van der Waals surface area (Å²) in [6.45, 7) is 3.91. The van der Waals surface area contributed by atoms with Crippen LogP contribution in [0.5, 0.6) is 0 Å². The van der Waals surface area contributed by atoms with Crippen molar-refractivity contribution in [2.45, 2.75) is 51.2 Å². The summed E-state index contributed by atoms with van der Waals surface area (Å²) in [6, 6.07) is 10.0. The fourth-order valence-corrected chi connectivity index (χ4v) is 3.87. The molecule has 0 atom stereocenters. The minimum Gasteiger partial charge on any atom is -0.465 e. The first-order chi connectivity index (χ1) is 13.5. The summed E-state index contributed by atoms with van der Waals surface area (Å²) in [5, 5.41) is 11.5. The van der Waals surface area contributed by atoms with Gasteiger partial charge in [-0.25, -0.2) is 9.59 Å². The van der Waals surface area contributed by atoms with E-state index in [0.29, 0.717) is 6.04 Å².